The van der Waals surface area contributed by atoms with Crippen LogP contribution in [0.15, 0.2) is 6.07 Å². The fourth-order valence-corrected chi connectivity index (χ4v) is 2.70. The van der Waals surface area contributed by atoms with Crippen molar-refractivity contribution in [1.82, 2.24) is 0 Å². The van der Waals surface area contributed by atoms with E-state index in [1.54, 1.807) is 6.07 Å². The molecule has 1 heterocycles. The molecule has 0 saturated heterocycles. The van der Waals surface area contributed by atoms with Crippen molar-refractivity contribution in [1.29, 1.82) is 0 Å². The second-order valence-corrected chi connectivity index (χ2v) is 5.11. The van der Waals surface area contributed by atoms with Crippen LogP contribution in [0.5, 0.6) is 11.5 Å². The predicted molar refractivity (Wildman–Crippen MR) is 62.1 cm³/mol. The number of hydrogen-bond donors (Lipinski definition) is 1. The Balaban J connectivity index is 2.16. The molecule has 92 valence electrons. The summed E-state index contributed by atoms with van der Waals surface area (Å²) < 4.78 is 24.6. The van der Waals surface area contributed by atoms with E-state index in [-0.39, 0.29) is 23.3 Å². The van der Waals surface area contributed by atoms with Gasteiger partial charge in [0.05, 0.1) is 0 Å². The zero-order chi connectivity index (χ0) is 12.2. The van der Waals surface area contributed by atoms with E-state index in [9.17, 15) is 4.39 Å². The molecule has 0 spiro atoms. The Morgan fingerprint density at radius 3 is 2.76 bits per heavy atom. The molecule has 1 fully saturated rings. The van der Waals surface area contributed by atoms with Gasteiger partial charge in [-0.2, -0.15) is 0 Å². The molecule has 17 heavy (non-hydrogen) atoms. The summed E-state index contributed by atoms with van der Waals surface area (Å²) in [7, 11) is 0. The van der Waals surface area contributed by atoms with Crippen molar-refractivity contribution in [2.75, 3.05) is 6.79 Å². The predicted octanol–water partition coefficient (Wildman–Crippen LogP) is 2.59. The Labute approximate surface area is 104 Å². The summed E-state index contributed by atoms with van der Waals surface area (Å²) in [6.45, 7) is 1.98. The lowest BCUT2D eigenvalue weighted by Gasteiger charge is -2.21. The van der Waals surface area contributed by atoms with Crippen LogP contribution in [-0.4, -0.2) is 12.8 Å². The maximum atomic E-state index is 14.2. The maximum absolute atomic E-state index is 14.2. The molecule has 0 amide bonds. The molecule has 3 rings (SSSR count). The van der Waals surface area contributed by atoms with E-state index in [2.05, 4.69) is 0 Å². The van der Waals surface area contributed by atoms with Gasteiger partial charge >= 0.3 is 0 Å². The van der Waals surface area contributed by atoms with E-state index in [1.165, 1.54) is 0 Å². The second-order valence-electron chi connectivity index (χ2n) is 4.73. The second kappa shape index (κ2) is 3.50. The normalized spacial score (nSPS) is 21.4. The Morgan fingerprint density at radius 2 is 2.18 bits per heavy atom. The zero-order valence-corrected chi connectivity index (χ0v) is 10.2. The standard InChI is InChI=1S/C12H13ClFNO2/c1-6(15)12(2-3-12)7-4-8-11(17-5-16-8)9(13)10(7)14/h4,6H,2-3,5,15H2,1H3. The molecule has 2 N–H and O–H groups in total. The monoisotopic (exact) mass is 257 g/mol. The lowest BCUT2D eigenvalue weighted by atomic mass is 9.89. The highest BCUT2D eigenvalue weighted by atomic mass is 35.5. The van der Waals surface area contributed by atoms with E-state index in [0.717, 1.165) is 12.8 Å². The van der Waals surface area contributed by atoms with Crippen LogP contribution in [0.3, 0.4) is 0 Å². The Bertz CT molecular complexity index is 486. The number of fused-ring (bicyclic) bond motifs is 1. The Hall–Kier alpha value is -1.00. The number of hydrogen-bond acceptors (Lipinski definition) is 3. The molecule has 1 aliphatic carbocycles. The minimum Gasteiger partial charge on any atom is -0.454 e. The van der Waals surface area contributed by atoms with Crippen LogP contribution in [-0.2, 0) is 5.41 Å². The average Bonchev–Trinajstić information content (AvgIpc) is 2.97. The summed E-state index contributed by atoms with van der Waals surface area (Å²) in [5, 5.41) is 0.00178. The summed E-state index contributed by atoms with van der Waals surface area (Å²) in [5.41, 5.74) is 6.22. The molecule has 1 aromatic carbocycles. The zero-order valence-electron chi connectivity index (χ0n) is 9.43. The van der Waals surface area contributed by atoms with E-state index in [4.69, 9.17) is 26.8 Å². The summed E-state index contributed by atoms with van der Waals surface area (Å²) in [5.74, 6) is 0.387. The molecule has 2 aliphatic rings. The fourth-order valence-electron chi connectivity index (χ4n) is 2.45. The first-order chi connectivity index (χ1) is 8.06. The van der Waals surface area contributed by atoms with Crippen LogP contribution in [0.25, 0.3) is 0 Å². The van der Waals surface area contributed by atoms with Crippen molar-refractivity contribution in [3.05, 3.63) is 22.5 Å². The smallest absolute Gasteiger partial charge is 0.231 e. The largest absolute Gasteiger partial charge is 0.454 e. The van der Waals surface area contributed by atoms with Crippen LogP contribution >= 0.6 is 11.6 Å². The topological polar surface area (TPSA) is 44.5 Å². The Morgan fingerprint density at radius 1 is 1.47 bits per heavy atom. The maximum Gasteiger partial charge on any atom is 0.231 e. The van der Waals surface area contributed by atoms with Gasteiger partial charge in [0.25, 0.3) is 0 Å². The third-order valence-electron chi connectivity index (χ3n) is 3.74. The van der Waals surface area contributed by atoms with Crippen molar-refractivity contribution in [3.63, 3.8) is 0 Å². The van der Waals surface area contributed by atoms with E-state index in [0.29, 0.717) is 17.1 Å². The number of benzene rings is 1. The molecule has 1 unspecified atom stereocenters. The van der Waals surface area contributed by atoms with Crippen molar-refractivity contribution in [2.24, 2.45) is 5.73 Å². The van der Waals surface area contributed by atoms with Gasteiger partial charge in [-0.1, -0.05) is 11.6 Å². The van der Waals surface area contributed by atoms with Crippen LogP contribution in [0.2, 0.25) is 5.02 Å². The van der Waals surface area contributed by atoms with E-state index < -0.39 is 5.82 Å². The van der Waals surface area contributed by atoms with Crippen LogP contribution in [0, 0.1) is 5.82 Å². The fraction of sp³-hybridized carbons (Fsp3) is 0.500. The summed E-state index contributed by atoms with van der Waals surface area (Å²) >= 11 is 5.96. The van der Waals surface area contributed by atoms with Crippen molar-refractivity contribution in [2.45, 2.75) is 31.2 Å². The molecule has 1 atom stereocenters. The number of nitrogens with two attached hydrogens (primary N) is 1. The van der Waals surface area contributed by atoms with Gasteiger partial charge in [0, 0.05) is 17.0 Å². The number of rotatable bonds is 2. The molecular weight excluding hydrogens is 245 g/mol. The van der Waals surface area contributed by atoms with Crippen molar-refractivity contribution >= 4 is 11.6 Å². The quantitative estimate of drug-likeness (QED) is 0.886. The molecule has 0 bridgehead atoms. The summed E-state index contributed by atoms with van der Waals surface area (Å²) in [6, 6.07) is 1.58. The molecule has 1 aliphatic heterocycles. The van der Waals surface area contributed by atoms with Crippen molar-refractivity contribution < 1.29 is 13.9 Å². The van der Waals surface area contributed by atoms with E-state index in [1.807, 2.05) is 6.92 Å². The molecule has 1 saturated carbocycles. The van der Waals surface area contributed by atoms with Crippen LogP contribution in [0.1, 0.15) is 25.3 Å². The first-order valence-corrected chi connectivity index (χ1v) is 5.98. The van der Waals surface area contributed by atoms with Gasteiger partial charge in [0.1, 0.15) is 10.8 Å². The lowest BCUT2D eigenvalue weighted by molar-refractivity contribution is 0.174. The van der Waals surface area contributed by atoms with Gasteiger partial charge < -0.3 is 15.2 Å². The highest BCUT2D eigenvalue weighted by Gasteiger charge is 2.50. The van der Waals surface area contributed by atoms with Crippen LogP contribution in [0.4, 0.5) is 4.39 Å². The first kappa shape index (κ1) is 11.1. The molecular formula is C12H13ClFNO2. The van der Waals surface area contributed by atoms with Crippen LogP contribution < -0.4 is 15.2 Å². The summed E-state index contributed by atoms with van der Waals surface area (Å²) in [6.07, 6.45) is 1.77. The molecule has 0 radical (unpaired) electrons. The summed E-state index contributed by atoms with van der Waals surface area (Å²) in [4.78, 5) is 0. The van der Waals surface area contributed by atoms with Gasteiger partial charge in [-0.15, -0.1) is 0 Å². The number of ether oxygens (including phenoxy) is 2. The van der Waals surface area contributed by atoms with Gasteiger partial charge in [0.2, 0.25) is 6.79 Å². The minimum absolute atomic E-state index is 0.00178. The number of halogens is 2. The average molecular weight is 258 g/mol. The van der Waals surface area contributed by atoms with Crippen molar-refractivity contribution in [3.8, 4) is 11.5 Å². The van der Waals surface area contributed by atoms with Gasteiger partial charge in [-0.25, -0.2) is 4.39 Å². The Kier molecular flexibility index (Phi) is 2.28. The van der Waals surface area contributed by atoms with Gasteiger partial charge in [-0.3, -0.25) is 0 Å². The SMILES string of the molecule is CC(N)C1(c2cc3c(c(Cl)c2F)OCO3)CC1. The molecule has 0 aromatic heterocycles. The third kappa shape index (κ3) is 1.44. The molecule has 5 heteroatoms. The molecule has 3 nitrogen and oxygen atoms in total. The molecule has 1 aromatic rings. The third-order valence-corrected chi connectivity index (χ3v) is 4.08. The van der Waals surface area contributed by atoms with Gasteiger partial charge in [-0.05, 0) is 25.8 Å². The minimum atomic E-state index is -0.425. The highest BCUT2D eigenvalue weighted by Crippen LogP contribution is 2.55. The lowest BCUT2D eigenvalue weighted by Crippen LogP contribution is -2.32. The van der Waals surface area contributed by atoms with Gasteiger partial charge in [0.15, 0.2) is 11.5 Å². The van der Waals surface area contributed by atoms with E-state index >= 15 is 0 Å². The first-order valence-electron chi connectivity index (χ1n) is 5.60. The highest BCUT2D eigenvalue weighted by molar-refractivity contribution is 6.32.